The molecule has 1 aromatic rings. The van der Waals surface area contributed by atoms with E-state index in [0.29, 0.717) is 17.2 Å². The third-order valence-electron chi connectivity index (χ3n) is 3.25. The van der Waals surface area contributed by atoms with Crippen LogP contribution in [0, 0.1) is 6.92 Å². The molecule has 1 aliphatic rings. The maximum Gasteiger partial charge on any atom is 0.330 e. The highest BCUT2D eigenvalue weighted by Crippen LogP contribution is 2.29. The molecule has 8 heteroatoms. The van der Waals surface area contributed by atoms with Crippen molar-refractivity contribution >= 4 is 17.4 Å². The molecule has 3 unspecified atom stereocenters. The van der Waals surface area contributed by atoms with Crippen LogP contribution in [0.15, 0.2) is 15.8 Å². The van der Waals surface area contributed by atoms with Gasteiger partial charge in [-0.25, -0.2) is 4.79 Å². The zero-order valence-corrected chi connectivity index (χ0v) is 13.0. The van der Waals surface area contributed by atoms with Gasteiger partial charge in [0.25, 0.3) is 10.7 Å². The van der Waals surface area contributed by atoms with Crippen molar-refractivity contribution in [1.29, 1.82) is 0 Å². The molecule has 1 N–H and O–H groups in total. The van der Waals surface area contributed by atoms with E-state index in [2.05, 4.69) is 4.98 Å². The van der Waals surface area contributed by atoms with Crippen LogP contribution in [-0.2, 0) is 9.47 Å². The predicted molar refractivity (Wildman–Crippen MR) is 81.4 cm³/mol. The zero-order valence-electron chi connectivity index (χ0n) is 13.2. The molecule has 1 aliphatic heterocycles. The molecule has 1 fully saturated rings. The molecule has 0 spiro atoms. The maximum atomic E-state index is 11.9. The highest BCUT2D eigenvalue weighted by atomic mass is 32.1. The minimum absolute atomic E-state index is 0.00566. The van der Waals surface area contributed by atoms with Crippen molar-refractivity contribution in [1.82, 2.24) is 14.5 Å². The number of nitrogens with zero attached hydrogens (tertiary/aromatic N) is 2. The Labute approximate surface area is 128 Å². The van der Waals surface area contributed by atoms with Crippen LogP contribution in [0.25, 0.3) is 0 Å². The van der Waals surface area contributed by atoms with Gasteiger partial charge in [0.1, 0.15) is 12.3 Å². The SMILES string of the molecule is [2H]CC1OC(n2cc(C)c(=O)[nH]c2=O)CC1OC(=S)N(C)C. The minimum Gasteiger partial charge on any atom is -0.465 e. The van der Waals surface area contributed by atoms with Crippen molar-refractivity contribution in [3.8, 4) is 0 Å². The quantitative estimate of drug-likeness (QED) is 0.796. The predicted octanol–water partition coefficient (Wildman–Crippen LogP) is 0.384. The first-order valence-electron chi connectivity index (χ1n) is 7.19. The number of thiocarbonyl (C=S) groups is 1. The lowest BCUT2D eigenvalue weighted by atomic mass is 10.2. The molecule has 0 saturated carbocycles. The summed E-state index contributed by atoms with van der Waals surface area (Å²) in [5, 5.41) is 0.303. The van der Waals surface area contributed by atoms with Crippen LogP contribution in [-0.4, -0.2) is 45.9 Å². The van der Waals surface area contributed by atoms with Crippen LogP contribution in [0.4, 0.5) is 0 Å². The Kier molecular flexibility index (Phi) is 4.07. The summed E-state index contributed by atoms with van der Waals surface area (Å²) in [7, 11) is 3.53. The third kappa shape index (κ3) is 3.33. The Morgan fingerprint density at radius 1 is 1.62 bits per heavy atom. The molecule has 116 valence electrons. The standard InChI is InChI=1S/C13H19N3O4S/c1-7-6-16(12(18)14-11(7)17)10-5-9(8(2)19-10)20-13(21)15(3)4/h6,8-10H,5H2,1-4H3,(H,14,17,18)/i2D. The fourth-order valence-corrected chi connectivity index (χ4v) is 2.16. The van der Waals surface area contributed by atoms with Crippen LogP contribution in [0.1, 0.15) is 26.5 Å². The van der Waals surface area contributed by atoms with Crippen molar-refractivity contribution < 1.29 is 10.8 Å². The Bertz CT molecular complexity index is 672. The van der Waals surface area contributed by atoms with Gasteiger partial charge in [0.2, 0.25) is 0 Å². The van der Waals surface area contributed by atoms with Gasteiger partial charge in [-0.3, -0.25) is 14.3 Å². The normalized spacial score (nSPS) is 25.5. The molecule has 2 rings (SSSR count). The number of ether oxygens (including phenoxy) is 2. The van der Waals surface area contributed by atoms with Crippen LogP contribution >= 0.6 is 12.2 Å². The minimum atomic E-state index is -0.589. The number of aromatic nitrogens is 2. The summed E-state index contributed by atoms with van der Waals surface area (Å²) in [6.45, 7) is 1.61. The zero-order chi connectivity index (χ0) is 16.4. The average Bonchev–Trinajstić information content (AvgIpc) is 2.85. The summed E-state index contributed by atoms with van der Waals surface area (Å²) in [4.78, 5) is 27.2. The fourth-order valence-electron chi connectivity index (χ4n) is 2.03. The molecule has 0 bridgehead atoms. The molecule has 2 heterocycles. The molecule has 3 atom stereocenters. The second-order valence-corrected chi connectivity index (χ2v) is 5.51. The topological polar surface area (TPSA) is 76.6 Å². The highest BCUT2D eigenvalue weighted by molar-refractivity contribution is 7.80. The van der Waals surface area contributed by atoms with Gasteiger partial charge >= 0.3 is 5.69 Å². The van der Waals surface area contributed by atoms with E-state index in [1.54, 1.807) is 25.9 Å². The lowest BCUT2D eigenvalue weighted by molar-refractivity contribution is -0.00924. The van der Waals surface area contributed by atoms with E-state index >= 15 is 0 Å². The van der Waals surface area contributed by atoms with Crippen LogP contribution in [0.5, 0.6) is 0 Å². The van der Waals surface area contributed by atoms with Gasteiger partial charge in [-0.1, -0.05) is 0 Å². The van der Waals surface area contributed by atoms with E-state index < -0.39 is 29.7 Å². The molecule has 1 saturated heterocycles. The lowest BCUT2D eigenvalue weighted by Crippen LogP contribution is -2.33. The van der Waals surface area contributed by atoms with Gasteiger partial charge < -0.3 is 14.4 Å². The second-order valence-electron chi connectivity index (χ2n) is 5.16. The number of H-pyrrole nitrogens is 1. The second kappa shape index (κ2) is 5.98. The number of aromatic amines is 1. The van der Waals surface area contributed by atoms with Crippen LogP contribution < -0.4 is 11.2 Å². The largest absolute Gasteiger partial charge is 0.465 e. The summed E-state index contributed by atoms with van der Waals surface area (Å²) >= 11 is 5.11. The van der Waals surface area contributed by atoms with Crippen molar-refractivity contribution in [3.63, 3.8) is 0 Å². The van der Waals surface area contributed by atoms with Crippen molar-refractivity contribution in [2.75, 3.05) is 14.1 Å². The summed E-state index contributed by atoms with van der Waals surface area (Å²) in [6.07, 6.45) is 0.356. The smallest absolute Gasteiger partial charge is 0.330 e. The van der Waals surface area contributed by atoms with Crippen molar-refractivity contribution in [2.45, 2.75) is 38.7 Å². The number of nitrogens with one attached hydrogen (secondary N) is 1. The van der Waals surface area contributed by atoms with Gasteiger partial charge in [-0.05, 0) is 26.0 Å². The first kappa shape index (κ1) is 14.3. The molecule has 0 aliphatic carbocycles. The molecule has 0 amide bonds. The lowest BCUT2D eigenvalue weighted by Gasteiger charge is -2.20. The average molecular weight is 314 g/mol. The monoisotopic (exact) mass is 314 g/mol. The molecule has 7 nitrogen and oxygen atoms in total. The molecule has 21 heavy (non-hydrogen) atoms. The summed E-state index contributed by atoms with van der Waals surface area (Å²) < 4.78 is 20.2. The molecule has 0 radical (unpaired) electrons. The van der Waals surface area contributed by atoms with Crippen LogP contribution in [0.2, 0.25) is 0 Å². The Hall–Kier alpha value is -1.67. The van der Waals surface area contributed by atoms with Gasteiger partial charge in [0.05, 0.1) is 6.10 Å². The number of aryl methyl sites for hydroxylation is 1. The molecular formula is C13H19N3O4S. The fraction of sp³-hybridized carbons (Fsp3) is 0.615. The van der Waals surface area contributed by atoms with E-state index in [0.717, 1.165) is 0 Å². The third-order valence-corrected chi connectivity index (χ3v) is 3.72. The first-order valence-corrected chi connectivity index (χ1v) is 6.89. The summed E-state index contributed by atoms with van der Waals surface area (Å²) in [5.41, 5.74) is -0.545. The van der Waals surface area contributed by atoms with E-state index in [4.69, 9.17) is 23.1 Å². The molecular weight excluding hydrogens is 294 g/mol. The highest BCUT2D eigenvalue weighted by Gasteiger charge is 2.36. The van der Waals surface area contributed by atoms with Gasteiger partial charge in [0, 0.05) is 33.6 Å². The van der Waals surface area contributed by atoms with Gasteiger partial charge in [-0.15, -0.1) is 0 Å². The first-order chi connectivity index (χ1) is 10.3. The van der Waals surface area contributed by atoms with E-state index in [1.807, 2.05) is 0 Å². The summed E-state index contributed by atoms with van der Waals surface area (Å²) in [6, 6.07) is 0. The van der Waals surface area contributed by atoms with Crippen molar-refractivity contribution in [3.05, 3.63) is 32.6 Å². The molecule has 0 aromatic carbocycles. The van der Waals surface area contributed by atoms with Crippen LogP contribution in [0.3, 0.4) is 0 Å². The Morgan fingerprint density at radius 3 is 2.95 bits per heavy atom. The summed E-state index contributed by atoms with van der Waals surface area (Å²) in [5.74, 6) is 0. The van der Waals surface area contributed by atoms with Gasteiger partial charge in [0.15, 0.2) is 0 Å². The van der Waals surface area contributed by atoms with Gasteiger partial charge in [-0.2, -0.15) is 0 Å². The Balaban J connectivity index is 2.22. The molecule has 1 aromatic heterocycles. The van der Waals surface area contributed by atoms with E-state index in [1.165, 1.54) is 10.8 Å². The number of hydrogen-bond donors (Lipinski definition) is 1. The number of hydrogen-bond acceptors (Lipinski definition) is 5. The van der Waals surface area contributed by atoms with E-state index in [-0.39, 0.29) is 6.90 Å². The Morgan fingerprint density at radius 2 is 2.33 bits per heavy atom. The van der Waals surface area contributed by atoms with E-state index in [9.17, 15) is 9.59 Å². The number of rotatable bonds is 2. The maximum absolute atomic E-state index is 11.9. The van der Waals surface area contributed by atoms with Crippen molar-refractivity contribution in [2.24, 2.45) is 0 Å².